The number of hydrogen-bond acceptors (Lipinski definition) is 3. The number of carbonyl (C=O) groups is 1. The van der Waals surface area contributed by atoms with Crippen LogP contribution in [0.5, 0.6) is 0 Å². The van der Waals surface area contributed by atoms with E-state index in [1.54, 1.807) is 0 Å². The lowest BCUT2D eigenvalue weighted by molar-refractivity contribution is -0.140. The van der Waals surface area contributed by atoms with Crippen LogP contribution in [-0.2, 0) is 9.53 Å². The van der Waals surface area contributed by atoms with Crippen LogP contribution in [0.15, 0.2) is 0 Å². The Hall–Kier alpha value is -0.610. The van der Waals surface area contributed by atoms with E-state index in [0.717, 1.165) is 25.9 Å². The van der Waals surface area contributed by atoms with Crippen LogP contribution in [0, 0.1) is 5.92 Å². The van der Waals surface area contributed by atoms with E-state index in [2.05, 4.69) is 6.92 Å². The maximum Gasteiger partial charge on any atom is 0.253 e. The largest absolute Gasteiger partial charge is 0.370 e. The summed E-state index contributed by atoms with van der Waals surface area (Å²) in [6, 6.07) is 0. The van der Waals surface area contributed by atoms with Gasteiger partial charge in [-0.1, -0.05) is 13.3 Å². The third-order valence-corrected chi connectivity index (χ3v) is 2.95. The maximum absolute atomic E-state index is 11.8. The number of nitrogens with two attached hydrogens (primary N) is 1. The molecule has 0 aromatic rings. The van der Waals surface area contributed by atoms with Gasteiger partial charge in [-0.3, -0.25) is 4.79 Å². The summed E-state index contributed by atoms with van der Waals surface area (Å²) in [5.41, 5.74) is 5.45. The van der Waals surface area contributed by atoms with Gasteiger partial charge < -0.3 is 15.4 Å². The van der Waals surface area contributed by atoms with Gasteiger partial charge in [-0.15, -0.1) is 0 Å². The monoisotopic (exact) mass is 200 g/mol. The lowest BCUT2D eigenvalue weighted by Crippen LogP contribution is -2.42. The fourth-order valence-electron chi connectivity index (χ4n) is 1.87. The van der Waals surface area contributed by atoms with Crippen LogP contribution >= 0.6 is 0 Å². The molecule has 1 aliphatic rings. The summed E-state index contributed by atoms with van der Waals surface area (Å²) in [6.45, 7) is 4.16. The Labute approximate surface area is 85.4 Å². The summed E-state index contributed by atoms with van der Waals surface area (Å²) in [6.07, 6.45) is 1.80. The molecule has 0 spiro atoms. The zero-order valence-electron chi connectivity index (χ0n) is 9.03. The molecule has 1 amide bonds. The second-order valence-electron chi connectivity index (χ2n) is 3.81. The van der Waals surface area contributed by atoms with Crippen molar-refractivity contribution in [1.29, 1.82) is 0 Å². The van der Waals surface area contributed by atoms with Gasteiger partial charge in [-0.05, 0) is 12.3 Å². The highest BCUT2D eigenvalue weighted by molar-refractivity contribution is 5.81. The average molecular weight is 200 g/mol. The normalized spacial score (nSPS) is 23.9. The molecule has 1 rings (SSSR count). The van der Waals surface area contributed by atoms with Crippen LogP contribution in [0.25, 0.3) is 0 Å². The first-order valence-corrected chi connectivity index (χ1v) is 5.24. The molecule has 0 saturated carbocycles. The Bertz CT molecular complexity index is 193. The molecule has 0 bridgehead atoms. The smallest absolute Gasteiger partial charge is 0.253 e. The fraction of sp³-hybridized carbons (Fsp3) is 0.900. The molecule has 2 N–H and O–H groups in total. The third kappa shape index (κ3) is 2.45. The van der Waals surface area contributed by atoms with Crippen LogP contribution in [0.3, 0.4) is 0 Å². The van der Waals surface area contributed by atoms with E-state index in [1.807, 2.05) is 4.90 Å². The number of hydrogen-bond donors (Lipinski definition) is 1. The number of likely N-dealkylation sites (tertiary alicyclic amines) is 1. The van der Waals surface area contributed by atoms with E-state index in [1.165, 1.54) is 7.11 Å². The molecule has 0 aliphatic carbocycles. The molecule has 82 valence electrons. The number of amides is 1. The van der Waals surface area contributed by atoms with E-state index in [0.29, 0.717) is 5.92 Å². The number of rotatable bonds is 4. The Morgan fingerprint density at radius 1 is 1.71 bits per heavy atom. The highest BCUT2D eigenvalue weighted by Crippen LogP contribution is 2.19. The zero-order valence-corrected chi connectivity index (χ0v) is 9.03. The Kier molecular flexibility index (Phi) is 4.35. The van der Waals surface area contributed by atoms with Crippen LogP contribution in [-0.4, -0.2) is 43.7 Å². The van der Waals surface area contributed by atoms with Crippen LogP contribution in [0.2, 0.25) is 0 Å². The van der Waals surface area contributed by atoms with Crippen molar-refractivity contribution in [2.75, 3.05) is 26.7 Å². The van der Waals surface area contributed by atoms with Crippen LogP contribution in [0.1, 0.15) is 19.8 Å². The average Bonchev–Trinajstić information content (AvgIpc) is 2.67. The van der Waals surface area contributed by atoms with Crippen molar-refractivity contribution in [3.05, 3.63) is 0 Å². The highest BCUT2D eigenvalue weighted by atomic mass is 16.5. The van der Waals surface area contributed by atoms with Gasteiger partial charge in [0.2, 0.25) is 0 Å². The summed E-state index contributed by atoms with van der Waals surface area (Å²) >= 11 is 0. The second-order valence-corrected chi connectivity index (χ2v) is 3.81. The molecule has 2 atom stereocenters. The molecule has 1 saturated heterocycles. The van der Waals surface area contributed by atoms with Gasteiger partial charge in [0.15, 0.2) is 0 Å². The lowest BCUT2D eigenvalue weighted by atomic mass is 10.1. The molecule has 4 nitrogen and oxygen atoms in total. The van der Waals surface area contributed by atoms with Crippen molar-refractivity contribution in [2.45, 2.75) is 25.9 Å². The molecule has 14 heavy (non-hydrogen) atoms. The standard InChI is InChI=1S/C10H20N2O2/c1-3-8-4-5-12(7-8)10(13)9(6-11)14-2/h8-9H,3-7,11H2,1-2H3. The topological polar surface area (TPSA) is 55.6 Å². The first-order valence-electron chi connectivity index (χ1n) is 5.24. The van der Waals surface area contributed by atoms with Gasteiger partial charge in [-0.25, -0.2) is 0 Å². The molecule has 1 fully saturated rings. The van der Waals surface area contributed by atoms with E-state index in [4.69, 9.17) is 10.5 Å². The van der Waals surface area contributed by atoms with Gasteiger partial charge in [0, 0.05) is 26.7 Å². The van der Waals surface area contributed by atoms with Crippen molar-refractivity contribution in [3.63, 3.8) is 0 Å². The highest BCUT2D eigenvalue weighted by Gasteiger charge is 2.29. The molecule has 0 radical (unpaired) electrons. The number of methoxy groups -OCH3 is 1. The fourth-order valence-corrected chi connectivity index (χ4v) is 1.87. The minimum absolute atomic E-state index is 0.0472. The summed E-state index contributed by atoms with van der Waals surface area (Å²) in [4.78, 5) is 13.7. The molecule has 1 aliphatic heterocycles. The van der Waals surface area contributed by atoms with E-state index in [-0.39, 0.29) is 12.5 Å². The molecule has 4 heteroatoms. The number of ether oxygens (including phenoxy) is 1. The first kappa shape index (κ1) is 11.5. The predicted molar refractivity (Wildman–Crippen MR) is 54.8 cm³/mol. The summed E-state index contributed by atoms with van der Waals surface area (Å²) in [5, 5.41) is 0. The van der Waals surface area contributed by atoms with E-state index < -0.39 is 6.10 Å². The van der Waals surface area contributed by atoms with Crippen molar-refractivity contribution >= 4 is 5.91 Å². The van der Waals surface area contributed by atoms with Crippen molar-refractivity contribution in [2.24, 2.45) is 11.7 Å². The molecule has 0 aromatic carbocycles. The molecular formula is C10H20N2O2. The van der Waals surface area contributed by atoms with Crippen LogP contribution in [0.4, 0.5) is 0 Å². The second kappa shape index (κ2) is 5.32. The summed E-state index contributed by atoms with van der Waals surface area (Å²) in [5.74, 6) is 0.709. The lowest BCUT2D eigenvalue weighted by Gasteiger charge is -2.21. The number of carbonyl (C=O) groups excluding carboxylic acids is 1. The van der Waals surface area contributed by atoms with Crippen molar-refractivity contribution in [1.82, 2.24) is 4.90 Å². The summed E-state index contributed by atoms with van der Waals surface area (Å²) < 4.78 is 5.03. The quantitative estimate of drug-likeness (QED) is 0.706. The Morgan fingerprint density at radius 3 is 2.86 bits per heavy atom. The molecule has 2 unspecified atom stereocenters. The van der Waals surface area contributed by atoms with E-state index >= 15 is 0 Å². The SMILES string of the molecule is CCC1CCN(C(=O)C(CN)OC)C1. The zero-order chi connectivity index (χ0) is 10.6. The molecular weight excluding hydrogens is 180 g/mol. The number of nitrogens with zero attached hydrogens (tertiary/aromatic N) is 1. The third-order valence-electron chi connectivity index (χ3n) is 2.95. The van der Waals surface area contributed by atoms with Gasteiger partial charge in [-0.2, -0.15) is 0 Å². The minimum atomic E-state index is -0.453. The van der Waals surface area contributed by atoms with Gasteiger partial charge in [0.05, 0.1) is 0 Å². The van der Waals surface area contributed by atoms with Crippen molar-refractivity contribution in [3.8, 4) is 0 Å². The van der Waals surface area contributed by atoms with Gasteiger partial charge in [0.25, 0.3) is 5.91 Å². The molecule has 0 aromatic heterocycles. The summed E-state index contributed by atoms with van der Waals surface area (Å²) in [7, 11) is 1.53. The minimum Gasteiger partial charge on any atom is -0.370 e. The maximum atomic E-state index is 11.8. The molecule has 1 heterocycles. The first-order chi connectivity index (χ1) is 6.72. The van der Waals surface area contributed by atoms with Crippen LogP contribution < -0.4 is 5.73 Å². The van der Waals surface area contributed by atoms with Crippen molar-refractivity contribution < 1.29 is 9.53 Å². The van der Waals surface area contributed by atoms with Gasteiger partial charge in [0.1, 0.15) is 6.10 Å². The van der Waals surface area contributed by atoms with E-state index in [9.17, 15) is 4.79 Å². The van der Waals surface area contributed by atoms with Gasteiger partial charge >= 0.3 is 0 Å². The predicted octanol–water partition coefficient (Wildman–Crippen LogP) is 0.219. The Morgan fingerprint density at radius 2 is 2.43 bits per heavy atom. The Balaban J connectivity index is 2.45.